The summed E-state index contributed by atoms with van der Waals surface area (Å²) >= 11 is 12.1. The van der Waals surface area contributed by atoms with Gasteiger partial charge >= 0.3 is 6.94 Å². The summed E-state index contributed by atoms with van der Waals surface area (Å²) in [7, 11) is 0. The van der Waals surface area contributed by atoms with Gasteiger partial charge in [0.05, 0.1) is 0 Å². The Balaban J connectivity index is 2.58. The Bertz CT molecular complexity index is 251. The lowest BCUT2D eigenvalue weighted by Gasteiger charge is -2.15. The summed E-state index contributed by atoms with van der Waals surface area (Å²) in [5.74, 6) is 0. The zero-order chi connectivity index (χ0) is 9.73. The molecule has 1 rings (SSSR count). The van der Waals surface area contributed by atoms with Crippen LogP contribution in [0, 0.1) is 0 Å². The molecule has 0 N–H and O–H groups in total. The van der Waals surface area contributed by atoms with E-state index in [0.29, 0.717) is 12.7 Å². The van der Waals surface area contributed by atoms with Gasteiger partial charge in [-0.05, 0) is 12.5 Å². The summed E-state index contributed by atoms with van der Waals surface area (Å²) in [6.45, 7) is -0.0239. The molecule has 0 fully saturated rings. The molecule has 0 unspecified atom stereocenters. The van der Waals surface area contributed by atoms with Crippen LogP contribution in [-0.2, 0) is 10.5 Å². The molecule has 0 spiro atoms. The monoisotopic (exact) mass is 234 g/mol. The molecular weight excluding hydrogens is 223 g/mol. The fraction of sp³-hybridized carbons (Fsp3) is 0.333. The van der Waals surface area contributed by atoms with Crippen LogP contribution in [-0.4, -0.2) is 13.5 Å². The molecule has 0 aromatic heterocycles. The first-order valence-corrected chi connectivity index (χ1v) is 8.33. The van der Waals surface area contributed by atoms with Gasteiger partial charge in [-0.15, -0.1) is 22.2 Å². The van der Waals surface area contributed by atoms with E-state index in [9.17, 15) is 0 Å². The number of rotatable bonds is 4. The molecular formula is C9H12Cl2OSi. The van der Waals surface area contributed by atoms with Gasteiger partial charge < -0.3 is 4.43 Å². The lowest BCUT2D eigenvalue weighted by Crippen LogP contribution is -2.28. The highest BCUT2D eigenvalue weighted by Crippen LogP contribution is 2.21. The Morgan fingerprint density at radius 2 is 1.85 bits per heavy atom. The van der Waals surface area contributed by atoms with Gasteiger partial charge in [0.2, 0.25) is 0 Å². The highest BCUT2D eigenvalue weighted by molar-refractivity contribution is 7.42. The van der Waals surface area contributed by atoms with Crippen molar-refractivity contribution in [1.29, 1.82) is 0 Å². The van der Waals surface area contributed by atoms with Crippen LogP contribution in [0.25, 0.3) is 0 Å². The van der Waals surface area contributed by atoms with Crippen LogP contribution >= 0.6 is 22.2 Å². The molecule has 0 radical (unpaired) electrons. The Morgan fingerprint density at radius 3 is 2.38 bits per heavy atom. The first-order chi connectivity index (χ1) is 6.14. The van der Waals surface area contributed by atoms with Crippen molar-refractivity contribution in [2.75, 3.05) is 6.61 Å². The van der Waals surface area contributed by atoms with Gasteiger partial charge in [-0.2, -0.15) is 0 Å². The largest absolute Gasteiger partial charge is 0.393 e. The van der Waals surface area contributed by atoms with Crippen molar-refractivity contribution in [2.24, 2.45) is 0 Å². The van der Waals surface area contributed by atoms with Crippen LogP contribution in [0.3, 0.4) is 0 Å². The van der Waals surface area contributed by atoms with E-state index in [1.807, 2.05) is 37.3 Å². The second kappa shape index (κ2) is 5.01. The third-order valence-corrected chi connectivity index (χ3v) is 4.60. The van der Waals surface area contributed by atoms with Crippen molar-refractivity contribution in [3.05, 3.63) is 35.9 Å². The lowest BCUT2D eigenvalue weighted by atomic mass is 10.2. The third-order valence-electron chi connectivity index (χ3n) is 1.61. The maximum absolute atomic E-state index is 6.05. The molecule has 0 bridgehead atoms. The highest BCUT2D eigenvalue weighted by atomic mass is 35.7. The molecule has 0 heterocycles. The quantitative estimate of drug-likeness (QED) is 0.575. The molecule has 0 saturated carbocycles. The van der Waals surface area contributed by atoms with Gasteiger partial charge in [0.25, 0.3) is 0 Å². The summed E-state index contributed by atoms with van der Waals surface area (Å²) in [4.78, 5) is 0. The van der Waals surface area contributed by atoms with Crippen LogP contribution in [0.5, 0.6) is 0 Å². The van der Waals surface area contributed by atoms with Gasteiger partial charge in [0.15, 0.2) is 0 Å². The molecule has 1 aromatic carbocycles. The topological polar surface area (TPSA) is 9.23 Å². The maximum Gasteiger partial charge on any atom is 0.393 e. The first-order valence-electron chi connectivity index (χ1n) is 4.20. The molecule has 1 aromatic rings. The Hall–Kier alpha value is -0.0231. The summed E-state index contributed by atoms with van der Waals surface area (Å²) in [5, 5.41) is 0. The minimum Gasteiger partial charge on any atom is -0.392 e. The van der Waals surface area contributed by atoms with Gasteiger partial charge in [-0.3, -0.25) is 0 Å². The van der Waals surface area contributed by atoms with E-state index in [1.165, 1.54) is 0 Å². The fourth-order valence-corrected chi connectivity index (χ4v) is 3.91. The van der Waals surface area contributed by atoms with Crippen LogP contribution < -0.4 is 0 Å². The maximum atomic E-state index is 6.05. The lowest BCUT2D eigenvalue weighted by molar-refractivity contribution is 0.347. The van der Waals surface area contributed by atoms with Gasteiger partial charge in [0.1, 0.15) is 0 Å². The molecule has 0 saturated heterocycles. The summed E-state index contributed by atoms with van der Waals surface area (Å²) in [6.07, 6.45) is 0. The van der Waals surface area contributed by atoms with E-state index in [2.05, 4.69) is 0 Å². The van der Waals surface area contributed by atoms with E-state index >= 15 is 0 Å². The van der Waals surface area contributed by atoms with E-state index < -0.39 is 6.94 Å². The SMILES string of the molecule is CCO[Si](Cl)(Cl)Cc1ccccc1. The van der Waals surface area contributed by atoms with Crippen molar-refractivity contribution in [1.82, 2.24) is 0 Å². The summed E-state index contributed by atoms with van der Waals surface area (Å²) in [5.41, 5.74) is 1.13. The second-order valence-electron chi connectivity index (χ2n) is 2.73. The van der Waals surface area contributed by atoms with Crippen LogP contribution in [0.1, 0.15) is 12.5 Å². The molecule has 0 aliphatic heterocycles. The van der Waals surface area contributed by atoms with Gasteiger partial charge in [-0.25, -0.2) is 0 Å². The highest BCUT2D eigenvalue weighted by Gasteiger charge is 2.30. The molecule has 72 valence electrons. The molecule has 0 aliphatic carbocycles. The minimum atomic E-state index is -2.50. The zero-order valence-corrected chi connectivity index (χ0v) is 9.98. The van der Waals surface area contributed by atoms with Crippen LogP contribution in [0.15, 0.2) is 30.3 Å². The van der Waals surface area contributed by atoms with E-state index in [-0.39, 0.29) is 0 Å². The number of hydrogen-bond acceptors (Lipinski definition) is 1. The van der Waals surface area contributed by atoms with Crippen molar-refractivity contribution in [3.63, 3.8) is 0 Å². The average Bonchev–Trinajstić information content (AvgIpc) is 2.04. The molecule has 13 heavy (non-hydrogen) atoms. The van der Waals surface area contributed by atoms with E-state index in [4.69, 9.17) is 26.6 Å². The van der Waals surface area contributed by atoms with Gasteiger partial charge in [0, 0.05) is 12.7 Å². The molecule has 0 aliphatic rings. The van der Waals surface area contributed by atoms with Crippen molar-refractivity contribution < 1.29 is 4.43 Å². The smallest absolute Gasteiger partial charge is 0.392 e. The van der Waals surface area contributed by atoms with E-state index in [0.717, 1.165) is 5.56 Å². The number of hydrogen-bond donors (Lipinski definition) is 0. The Morgan fingerprint density at radius 1 is 1.23 bits per heavy atom. The van der Waals surface area contributed by atoms with Crippen LogP contribution in [0.4, 0.5) is 0 Å². The fourth-order valence-electron chi connectivity index (χ4n) is 1.10. The summed E-state index contributed by atoms with van der Waals surface area (Å²) < 4.78 is 5.30. The minimum absolute atomic E-state index is 0.575. The zero-order valence-electron chi connectivity index (χ0n) is 7.47. The number of benzene rings is 1. The molecule has 1 nitrogen and oxygen atoms in total. The molecule has 0 atom stereocenters. The van der Waals surface area contributed by atoms with Crippen LogP contribution in [0.2, 0.25) is 0 Å². The predicted molar refractivity (Wildman–Crippen MR) is 59.2 cm³/mol. The standard InChI is InChI=1S/C9H12Cl2OSi/c1-2-12-13(10,11)8-9-6-4-3-5-7-9/h3-7H,2,8H2,1H3. The first kappa shape index (κ1) is 11.1. The average molecular weight is 235 g/mol. The van der Waals surface area contributed by atoms with Crippen molar-refractivity contribution >= 4 is 29.1 Å². The predicted octanol–water partition coefficient (Wildman–Crippen LogP) is 3.22. The van der Waals surface area contributed by atoms with Crippen molar-refractivity contribution in [3.8, 4) is 0 Å². The van der Waals surface area contributed by atoms with Crippen molar-refractivity contribution in [2.45, 2.75) is 13.0 Å². The Kier molecular flexibility index (Phi) is 4.26. The van der Waals surface area contributed by atoms with Gasteiger partial charge in [-0.1, -0.05) is 30.3 Å². The third kappa shape index (κ3) is 4.14. The second-order valence-corrected chi connectivity index (χ2v) is 8.89. The summed E-state index contributed by atoms with van der Waals surface area (Å²) in [6, 6.07) is 10.6. The number of halogens is 2. The molecule has 4 heteroatoms. The normalized spacial score (nSPS) is 11.6. The Labute approximate surface area is 89.2 Å². The molecule has 0 amide bonds. The van der Waals surface area contributed by atoms with E-state index in [1.54, 1.807) is 0 Å².